The number of halogens is 1. The van der Waals surface area contributed by atoms with Crippen LogP contribution < -0.4 is 4.85 Å². The van der Waals surface area contributed by atoms with Crippen molar-refractivity contribution in [2.24, 2.45) is 0 Å². The molecule has 0 radical (unpaired) electrons. The Bertz CT molecular complexity index is 226. The quantitative estimate of drug-likeness (QED) is 0.397. The van der Waals surface area contributed by atoms with Gasteiger partial charge in [-0.3, -0.25) is 0 Å². The fourth-order valence-electron chi connectivity index (χ4n) is 0.452. The van der Waals surface area contributed by atoms with Crippen molar-refractivity contribution in [3.63, 3.8) is 0 Å². The van der Waals surface area contributed by atoms with Crippen molar-refractivity contribution in [1.82, 2.24) is 5.10 Å². The fraction of sp³-hybridized carbons (Fsp3) is 0.200. The topological polar surface area (TPSA) is 39.8 Å². The van der Waals surface area contributed by atoms with Crippen LogP contribution in [0.25, 0.3) is 0 Å². The first-order chi connectivity index (χ1) is 4.20. The van der Waals surface area contributed by atoms with Gasteiger partial charge in [-0.15, -0.1) is 0 Å². The summed E-state index contributed by atoms with van der Waals surface area (Å²) in [5.41, 5.74) is 0.541. The number of aryl methyl sites for hydroxylation is 1. The summed E-state index contributed by atoms with van der Waals surface area (Å²) < 4.78 is 0. The minimum absolute atomic E-state index is 0.218. The fourth-order valence-corrected chi connectivity index (χ4v) is 0.584. The second-order valence-corrected chi connectivity index (χ2v) is 2.06. The third-order valence-electron chi connectivity index (χ3n) is 0.950. The first kappa shape index (κ1) is 6.29. The third kappa shape index (κ3) is 1.29. The predicted octanol–water partition coefficient (Wildman–Crippen LogP) is 0.677. The molecule has 0 N–H and O–H groups in total. The summed E-state index contributed by atoms with van der Waals surface area (Å²) in [7, 11) is 0. The summed E-state index contributed by atoms with van der Waals surface area (Å²) >= 11 is 5.38. The van der Waals surface area contributed by atoms with E-state index in [0.717, 1.165) is 0 Å². The van der Waals surface area contributed by atoms with Gasteiger partial charge in [0.15, 0.2) is 5.15 Å². The number of nitrogens with zero attached hydrogens (tertiary/aromatic N) is 2. The third-order valence-corrected chi connectivity index (χ3v) is 1.15. The minimum atomic E-state index is 0.218. The highest BCUT2D eigenvalue weighted by Gasteiger charge is 1.98. The van der Waals surface area contributed by atoms with Crippen LogP contribution in [0.3, 0.4) is 0 Å². The van der Waals surface area contributed by atoms with Crippen LogP contribution in [0.4, 0.5) is 0 Å². The van der Waals surface area contributed by atoms with E-state index >= 15 is 0 Å². The average molecular weight is 145 g/mol. The van der Waals surface area contributed by atoms with Crippen molar-refractivity contribution in [3.8, 4) is 0 Å². The Morgan fingerprint density at radius 2 is 2.33 bits per heavy atom. The molecular formula is C5H5ClN2O. The van der Waals surface area contributed by atoms with Gasteiger partial charge in [-0.2, -0.15) is 0 Å². The van der Waals surface area contributed by atoms with Gasteiger partial charge in [0.1, 0.15) is 0 Å². The highest BCUT2D eigenvalue weighted by atomic mass is 35.5. The molecule has 48 valence electrons. The molecule has 3 nitrogen and oxygen atoms in total. The molecule has 0 saturated carbocycles. The molecule has 0 atom stereocenters. The maximum atomic E-state index is 10.6. The van der Waals surface area contributed by atoms with Crippen molar-refractivity contribution >= 4 is 11.6 Å². The maximum absolute atomic E-state index is 10.6. The average Bonchev–Trinajstić information content (AvgIpc) is 1.80. The molecule has 0 bridgehead atoms. The van der Waals surface area contributed by atoms with Gasteiger partial charge in [-0.1, -0.05) is 16.4 Å². The molecule has 0 spiro atoms. The van der Waals surface area contributed by atoms with Gasteiger partial charge in [0, 0.05) is 18.1 Å². The molecule has 0 saturated heterocycles. The van der Waals surface area contributed by atoms with E-state index in [4.69, 9.17) is 11.6 Å². The number of hydrogen-bond acceptors (Lipinski definition) is 2. The smallest absolute Gasteiger partial charge is 0.218 e. The predicted molar refractivity (Wildman–Crippen MR) is 32.9 cm³/mol. The van der Waals surface area contributed by atoms with Crippen molar-refractivity contribution in [2.75, 3.05) is 0 Å². The second kappa shape index (κ2) is 2.19. The van der Waals surface area contributed by atoms with Crippen LogP contribution in [0.15, 0.2) is 12.1 Å². The maximum Gasteiger partial charge on any atom is 0.218 e. The molecular weight excluding hydrogens is 140 g/mol. The van der Waals surface area contributed by atoms with E-state index in [2.05, 4.69) is 5.10 Å². The van der Waals surface area contributed by atoms with Gasteiger partial charge >= 0.3 is 0 Å². The van der Waals surface area contributed by atoms with Gasteiger partial charge < -0.3 is 5.21 Å². The van der Waals surface area contributed by atoms with Crippen LogP contribution >= 0.6 is 11.6 Å². The van der Waals surface area contributed by atoms with E-state index in [-0.39, 0.29) is 5.15 Å². The van der Waals surface area contributed by atoms with Crippen molar-refractivity contribution < 1.29 is 4.85 Å². The zero-order chi connectivity index (χ0) is 6.85. The summed E-state index contributed by atoms with van der Waals surface area (Å²) in [6, 6.07) is 3.19. The van der Waals surface area contributed by atoms with Crippen molar-refractivity contribution in [1.29, 1.82) is 0 Å². The van der Waals surface area contributed by atoms with Crippen molar-refractivity contribution in [2.45, 2.75) is 6.92 Å². The molecule has 0 aliphatic rings. The van der Waals surface area contributed by atoms with Crippen LogP contribution in [-0.2, 0) is 0 Å². The lowest BCUT2D eigenvalue weighted by Crippen LogP contribution is -2.34. The molecule has 0 aromatic carbocycles. The molecule has 1 rings (SSSR count). The van der Waals surface area contributed by atoms with E-state index < -0.39 is 0 Å². The molecule has 0 amide bonds. The molecule has 0 fully saturated rings. The van der Waals surface area contributed by atoms with E-state index in [9.17, 15) is 5.21 Å². The van der Waals surface area contributed by atoms with Crippen LogP contribution in [0.2, 0.25) is 5.15 Å². The van der Waals surface area contributed by atoms with Gasteiger partial charge in [-0.25, -0.2) is 0 Å². The zero-order valence-electron chi connectivity index (χ0n) is 4.84. The molecule has 0 aliphatic heterocycles. The molecule has 4 heteroatoms. The Morgan fingerprint density at radius 3 is 2.78 bits per heavy atom. The van der Waals surface area contributed by atoms with Crippen LogP contribution in [-0.4, -0.2) is 5.10 Å². The Morgan fingerprint density at radius 1 is 1.67 bits per heavy atom. The summed E-state index contributed by atoms with van der Waals surface area (Å²) in [5, 5.41) is 14.2. The molecule has 0 aliphatic carbocycles. The standard InChI is InChI=1S/C5H5ClN2O/c1-4-2-3-5(6)7-8(4)9/h2-3H,1H3. The second-order valence-electron chi connectivity index (χ2n) is 1.67. The number of rotatable bonds is 0. The molecule has 1 heterocycles. The Labute approximate surface area is 57.5 Å². The molecule has 9 heavy (non-hydrogen) atoms. The van der Waals surface area contributed by atoms with E-state index in [1.54, 1.807) is 19.1 Å². The molecule has 0 unspecified atom stereocenters. The highest BCUT2D eigenvalue weighted by molar-refractivity contribution is 6.29. The number of hydrogen-bond donors (Lipinski definition) is 0. The van der Waals surface area contributed by atoms with Gasteiger partial charge in [0.05, 0.1) is 0 Å². The van der Waals surface area contributed by atoms with Crippen LogP contribution in [0, 0.1) is 12.1 Å². The van der Waals surface area contributed by atoms with E-state index in [1.165, 1.54) is 0 Å². The monoisotopic (exact) mass is 144 g/mol. The van der Waals surface area contributed by atoms with Gasteiger partial charge in [0.2, 0.25) is 5.69 Å². The number of aromatic nitrogens is 2. The van der Waals surface area contributed by atoms with E-state index in [1.807, 2.05) is 0 Å². The normalized spacial score (nSPS) is 9.56. The largest absolute Gasteiger partial charge is 0.594 e. The SMILES string of the molecule is Cc1ccc(Cl)n[n+]1[O-]. The lowest BCUT2D eigenvalue weighted by molar-refractivity contribution is -0.675. The molecule has 1 aromatic heterocycles. The summed E-state index contributed by atoms with van der Waals surface area (Å²) in [6.45, 7) is 1.66. The lowest BCUT2D eigenvalue weighted by atomic mass is 10.4. The highest BCUT2D eigenvalue weighted by Crippen LogP contribution is 1.98. The first-order valence-electron chi connectivity index (χ1n) is 2.43. The summed E-state index contributed by atoms with van der Waals surface area (Å²) in [4.78, 5) is 0.488. The van der Waals surface area contributed by atoms with Crippen molar-refractivity contribution in [3.05, 3.63) is 28.2 Å². The summed E-state index contributed by atoms with van der Waals surface area (Å²) in [6.07, 6.45) is 0. The van der Waals surface area contributed by atoms with Crippen LogP contribution in [0.5, 0.6) is 0 Å². The van der Waals surface area contributed by atoms with Gasteiger partial charge in [-0.05, 0) is 6.07 Å². The van der Waals surface area contributed by atoms with Gasteiger partial charge in [0.25, 0.3) is 0 Å². The summed E-state index contributed by atoms with van der Waals surface area (Å²) in [5.74, 6) is 0. The lowest BCUT2D eigenvalue weighted by Gasteiger charge is -1.94. The Kier molecular flexibility index (Phi) is 1.53. The van der Waals surface area contributed by atoms with E-state index in [0.29, 0.717) is 10.5 Å². The Hall–Kier alpha value is -0.830. The first-order valence-corrected chi connectivity index (χ1v) is 2.81. The minimum Gasteiger partial charge on any atom is -0.594 e. The Balaban J connectivity index is 3.17. The zero-order valence-corrected chi connectivity index (χ0v) is 5.59. The molecule has 1 aromatic rings. The van der Waals surface area contributed by atoms with Crippen LogP contribution in [0.1, 0.15) is 5.69 Å².